The third kappa shape index (κ3) is 7.54. The molecule has 2 aromatic heterocycles. The Kier molecular flexibility index (Phi) is 9.84. The fourth-order valence-electron chi connectivity index (χ4n) is 5.42. The molecule has 0 bridgehead atoms. The van der Waals surface area contributed by atoms with E-state index in [1.165, 1.54) is 7.11 Å². The molecule has 11 heteroatoms. The third-order valence-corrected chi connectivity index (χ3v) is 8.32. The minimum Gasteiger partial charge on any atom is -0.481 e. The lowest BCUT2D eigenvalue weighted by atomic mass is 9.80. The van der Waals surface area contributed by atoms with Crippen LogP contribution in [0.3, 0.4) is 0 Å². The second-order valence-corrected chi connectivity index (χ2v) is 13.7. The van der Waals surface area contributed by atoms with E-state index in [1.54, 1.807) is 17.2 Å². The predicted octanol–water partition coefficient (Wildman–Crippen LogP) is 8.21. The summed E-state index contributed by atoms with van der Waals surface area (Å²) in [5.41, 5.74) is 2.14. The number of carbonyl (C=O) groups excluding carboxylic acids is 2. The van der Waals surface area contributed by atoms with E-state index in [4.69, 9.17) is 49.3 Å². The Morgan fingerprint density at radius 3 is 2.30 bits per heavy atom. The first-order valence-electron chi connectivity index (χ1n) is 14.0. The highest BCUT2D eigenvalue weighted by Gasteiger charge is 2.43. The number of hydrogen-bond acceptors (Lipinski definition) is 6. The Balaban J connectivity index is 1.75. The highest BCUT2D eigenvalue weighted by molar-refractivity contribution is 6.43. The molecule has 0 saturated carbocycles. The number of aromatic nitrogens is 2. The number of amides is 2. The fourth-order valence-corrected chi connectivity index (χ4v) is 6.12. The first-order chi connectivity index (χ1) is 20.1. The number of pyridine rings is 2. The van der Waals surface area contributed by atoms with Gasteiger partial charge in [-0.1, -0.05) is 73.8 Å². The van der Waals surface area contributed by atoms with E-state index in [0.29, 0.717) is 56.7 Å². The molecular weight excluding hydrogens is 611 g/mol. The summed E-state index contributed by atoms with van der Waals surface area (Å²) in [4.78, 5) is 36.4. The first kappa shape index (κ1) is 32.8. The van der Waals surface area contributed by atoms with Crippen LogP contribution in [0, 0.1) is 5.41 Å². The van der Waals surface area contributed by atoms with Gasteiger partial charge in [0.25, 0.3) is 0 Å². The molecule has 1 aromatic carbocycles. The summed E-state index contributed by atoms with van der Waals surface area (Å²) in [5.74, 6) is 0.307. The molecule has 43 heavy (non-hydrogen) atoms. The molecule has 0 radical (unpaired) electrons. The minimum absolute atomic E-state index is 0.0265. The maximum atomic E-state index is 13.7. The van der Waals surface area contributed by atoms with Gasteiger partial charge in [0.05, 0.1) is 41.5 Å². The van der Waals surface area contributed by atoms with Crippen molar-refractivity contribution in [2.24, 2.45) is 5.41 Å². The predicted molar refractivity (Wildman–Crippen MR) is 171 cm³/mol. The number of nitrogens with one attached hydrogen (secondary N) is 1. The number of methoxy groups -OCH3 is 1. The molecular formula is C32H37Cl3N4O4. The van der Waals surface area contributed by atoms with E-state index in [1.807, 2.05) is 51.1 Å². The SMILES string of the molecule is COc1nc(-c2cccc(-c3ccnc(Cl)c3Cl)c2Cl)ccc1CN(C(=O)OC(C)(C)C)[C@H](C1CCC(=O)N1)C(C)(C)C. The van der Waals surface area contributed by atoms with Gasteiger partial charge < -0.3 is 14.8 Å². The van der Waals surface area contributed by atoms with Crippen LogP contribution in [0.25, 0.3) is 22.4 Å². The maximum Gasteiger partial charge on any atom is 0.410 e. The highest BCUT2D eigenvalue weighted by atomic mass is 35.5. The smallest absolute Gasteiger partial charge is 0.410 e. The molecule has 0 spiro atoms. The van der Waals surface area contributed by atoms with E-state index in [-0.39, 0.29) is 35.1 Å². The molecule has 1 aliphatic heterocycles. The quantitative estimate of drug-likeness (QED) is 0.260. The van der Waals surface area contributed by atoms with Crippen molar-refractivity contribution in [3.05, 3.63) is 63.4 Å². The van der Waals surface area contributed by atoms with Gasteiger partial charge in [0.15, 0.2) is 0 Å². The summed E-state index contributed by atoms with van der Waals surface area (Å²) in [5, 5.41) is 3.99. The number of nitrogens with zero attached hydrogens (tertiary/aromatic N) is 3. The topological polar surface area (TPSA) is 93.7 Å². The van der Waals surface area contributed by atoms with Gasteiger partial charge in [0, 0.05) is 34.9 Å². The summed E-state index contributed by atoms with van der Waals surface area (Å²) < 4.78 is 11.6. The summed E-state index contributed by atoms with van der Waals surface area (Å²) in [6, 6.07) is 10.4. The van der Waals surface area contributed by atoms with Crippen molar-refractivity contribution in [2.45, 2.75) is 78.6 Å². The van der Waals surface area contributed by atoms with Crippen molar-refractivity contribution >= 4 is 46.8 Å². The van der Waals surface area contributed by atoms with Gasteiger partial charge in [-0.15, -0.1) is 0 Å². The molecule has 1 saturated heterocycles. The fraction of sp³-hybridized carbons (Fsp3) is 0.438. The molecule has 2 atom stereocenters. The lowest BCUT2D eigenvalue weighted by Crippen LogP contribution is -2.57. The third-order valence-electron chi connectivity index (χ3n) is 7.15. The number of benzene rings is 1. The molecule has 2 amide bonds. The van der Waals surface area contributed by atoms with Crippen LogP contribution >= 0.6 is 34.8 Å². The summed E-state index contributed by atoms with van der Waals surface area (Å²) in [7, 11) is 1.53. The second-order valence-electron chi connectivity index (χ2n) is 12.6. The van der Waals surface area contributed by atoms with Gasteiger partial charge >= 0.3 is 6.09 Å². The molecule has 1 fully saturated rings. The zero-order valence-electron chi connectivity index (χ0n) is 25.4. The van der Waals surface area contributed by atoms with Crippen molar-refractivity contribution in [1.29, 1.82) is 0 Å². The van der Waals surface area contributed by atoms with E-state index in [9.17, 15) is 9.59 Å². The molecule has 1 N–H and O–H groups in total. The van der Waals surface area contributed by atoms with E-state index in [0.717, 1.165) is 0 Å². The highest BCUT2D eigenvalue weighted by Crippen LogP contribution is 2.41. The summed E-state index contributed by atoms with van der Waals surface area (Å²) in [6.07, 6.45) is 2.12. The van der Waals surface area contributed by atoms with Crippen LogP contribution in [0.15, 0.2) is 42.6 Å². The standard InChI is InChI=1S/C32H37Cl3N4O4/c1-31(2,3)27(23-13-14-24(40)37-23)39(30(41)43-32(4,5)6)17-18-11-12-22(38-29(18)42-7)21-10-8-9-19(25(21)33)20-15-16-36-28(35)26(20)34/h8-12,15-16,23,27H,13-14,17H2,1-7H3,(H,37,40)/t23?,27-/m1/s1. The van der Waals surface area contributed by atoms with Gasteiger partial charge in [-0.25, -0.2) is 14.8 Å². The van der Waals surface area contributed by atoms with Crippen LogP contribution in [0.4, 0.5) is 4.79 Å². The van der Waals surface area contributed by atoms with Crippen molar-refractivity contribution in [3.8, 4) is 28.3 Å². The van der Waals surface area contributed by atoms with E-state index < -0.39 is 11.7 Å². The summed E-state index contributed by atoms with van der Waals surface area (Å²) in [6.45, 7) is 11.8. The second kappa shape index (κ2) is 12.9. The molecule has 0 aliphatic carbocycles. The molecule has 3 heterocycles. The minimum atomic E-state index is -0.716. The molecule has 1 unspecified atom stereocenters. The Hall–Kier alpha value is -3.07. The van der Waals surface area contributed by atoms with E-state index >= 15 is 0 Å². The number of carbonyl (C=O) groups is 2. The van der Waals surface area contributed by atoms with Gasteiger partial charge in [-0.05, 0) is 50.8 Å². The van der Waals surface area contributed by atoms with Crippen LogP contribution < -0.4 is 10.1 Å². The van der Waals surface area contributed by atoms with Crippen molar-refractivity contribution in [3.63, 3.8) is 0 Å². The maximum absolute atomic E-state index is 13.7. The Bertz CT molecular complexity index is 1520. The number of ether oxygens (including phenoxy) is 2. The van der Waals surface area contributed by atoms with Gasteiger partial charge in [-0.2, -0.15) is 0 Å². The average molecular weight is 648 g/mol. The largest absolute Gasteiger partial charge is 0.481 e. The van der Waals surface area contributed by atoms with Gasteiger partial charge in [0.1, 0.15) is 10.8 Å². The normalized spacial score (nSPS) is 16.0. The van der Waals surface area contributed by atoms with Gasteiger partial charge in [0.2, 0.25) is 11.8 Å². The monoisotopic (exact) mass is 646 g/mol. The van der Waals surface area contributed by atoms with Crippen molar-refractivity contribution in [2.75, 3.05) is 7.11 Å². The zero-order valence-corrected chi connectivity index (χ0v) is 27.7. The van der Waals surface area contributed by atoms with Crippen LogP contribution in [0.1, 0.15) is 59.9 Å². The van der Waals surface area contributed by atoms with Crippen LogP contribution in [0.5, 0.6) is 5.88 Å². The number of halogens is 3. The molecule has 3 aromatic rings. The zero-order chi connectivity index (χ0) is 31.7. The van der Waals surface area contributed by atoms with Crippen molar-refractivity contribution < 1.29 is 19.1 Å². The first-order valence-corrected chi connectivity index (χ1v) is 15.2. The summed E-state index contributed by atoms with van der Waals surface area (Å²) >= 11 is 19.5. The molecule has 4 rings (SSSR count). The lowest BCUT2D eigenvalue weighted by Gasteiger charge is -2.43. The van der Waals surface area contributed by atoms with E-state index in [2.05, 4.69) is 31.1 Å². The average Bonchev–Trinajstić information content (AvgIpc) is 3.34. The molecule has 230 valence electrons. The Labute approximate surface area is 268 Å². The van der Waals surface area contributed by atoms with Crippen molar-refractivity contribution in [1.82, 2.24) is 20.2 Å². The Morgan fingerprint density at radius 2 is 1.70 bits per heavy atom. The van der Waals surface area contributed by atoms with Crippen LogP contribution in [-0.2, 0) is 16.1 Å². The number of rotatable bonds is 7. The lowest BCUT2D eigenvalue weighted by molar-refractivity contribution is -0.119. The van der Waals surface area contributed by atoms with Crippen LogP contribution in [-0.4, -0.2) is 51.7 Å². The molecule has 8 nitrogen and oxygen atoms in total. The van der Waals surface area contributed by atoms with Gasteiger partial charge in [-0.3, -0.25) is 9.69 Å². The van der Waals surface area contributed by atoms with Crippen LogP contribution in [0.2, 0.25) is 15.2 Å². The Morgan fingerprint density at radius 1 is 1.02 bits per heavy atom. The molecule has 1 aliphatic rings. The number of hydrogen-bond donors (Lipinski definition) is 1.